The Morgan fingerprint density at radius 3 is 2.54 bits per heavy atom. The maximum Gasteiger partial charge on any atom is 0.287 e. The predicted molar refractivity (Wildman–Crippen MR) is 99.3 cm³/mol. The third-order valence-electron chi connectivity index (χ3n) is 4.28. The van der Waals surface area contributed by atoms with E-state index in [4.69, 9.17) is 16.0 Å². The van der Waals surface area contributed by atoms with Crippen LogP contribution >= 0.6 is 11.6 Å². The highest BCUT2D eigenvalue weighted by Gasteiger charge is 2.23. The summed E-state index contributed by atoms with van der Waals surface area (Å²) < 4.78 is 5.54. The van der Waals surface area contributed by atoms with Crippen LogP contribution in [-0.2, 0) is 6.54 Å². The normalized spacial score (nSPS) is 13.6. The molecular formula is C20H17ClN2O3. The number of carbonyl (C=O) groups is 2. The molecule has 4 rings (SSSR count). The van der Waals surface area contributed by atoms with Gasteiger partial charge in [0.2, 0.25) is 0 Å². The number of furan rings is 1. The molecule has 1 aliphatic carbocycles. The Bertz CT molecular complexity index is 974. The van der Waals surface area contributed by atoms with Crippen LogP contribution in [0.2, 0.25) is 5.02 Å². The van der Waals surface area contributed by atoms with Gasteiger partial charge in [0.15, 0.2) is 5.76 Å². The lowest BCUT2D eigenvalue weighted by Crippen LogP contribution is -2.25. The zero-order valence-corrected chi connectivity index (χ0v) is 14.7. The van der Waals surface area contributed by atoms with Crippen LogP contribution in [-0.4, -0.2) is 17.9 Å². The summed E-state index contributed by atoms with van der Waals surface area (Å²) >= 11 is 5.94. The van der Waals surface area contributed by atoms with E-state index in [1.807, 2.05) is 12.1 Å². The molecule has 1 aromatic heterocycles. The van der Waals surface area contributed by atoms with Gasteiger partial charge in [0, 0.05) is 28.6 Å². The summed E-state index contributed by atoms with van der Waals surface area (Å²) in [4.78, 5) is 24.2. The van der Waals surface area contributed by atoms with Crippen molar-refractivity contribution in [2.45, 2.75) is 25.4 Å². The quantitative estimate of drug-likeness (QED) is 0.717. The standard InChI is InChI=1S/C20H17ClN2O3/c21-15-5-8-17-14(9-15)10-18(26-17)20(25)22-11-12-1-3-13(4-2-12)19(24)23-16-6-7-16/h1-5,8-10,16H,6-7,11H2,(H,22,25)(H,23,24). The molecule has 6 heteroatoms. The lowest BCUT2D eigenvalue weighted by atomic mass is 10.1. The summed E-state index contributed by atoms with van der Waals surface area (Å²) in [7, 11) is 0. The van der Waals surface area contributed by atoms with E-state index >= 15 is 0 Å². The summed E-state index contributed by atoms with van der Waals surface area (Å²) in [6, 6.07) is 14.4. The lowest BCUT2D eigenvalue weighted by Gasteiger charge is -2.06. The lowest BCUT2D eigenvalue weighted by molar-refractivity contribution is 0.0922. The molecule has 0 bridgehead atoms. The van der Waals surface area contributed by atoms with Gasteiger partial charge in [-0.1, -0.05) is 23.7 Å². The van der Waals surface area contributed by atoms with Crippen LogP contribution in [0.15, 0.2) is 52.9 Å². The Balaban J connectivity index is 1.37. The highest BCUT2D eigenvalue weighted by molar-refractivity contribution is 6.31. The third kappa shape index (κ3) is 3.73. The second kappa shape index (κ2) is 6.84. The number of hydrogen-bond donors (Lipinski definition) is 2. The number of halogens is 1. The van der Waals surface area contributed by atoms with Gasteiger partial charge in [-0.25, -0.2) is 0 Å². The molecule has 26 heavy (non-hydrogen) atoms. The van der Waals surface area contributed by atoms with Crippen LogP contribution in [0.25, 0.3) is 11.0 Å². The van der Waals surface area contributed by atoms with Crippen LogP contribution in [0.5, 0.6) is 0 Å². The molecule has 2 amide bonds. The SMILES string of the molecule is O=C(NC1CC1)c1ccc(CNC(=O)c2cc3cc(Cl)ccc3o2)cc1. The molecule has 0 radical (unpaired) electrons. The van der Waals surface area contributed by atoms with Gasteiger partial charge in [-0.15, -0.1) is 0 Å². The smallest absolute Gasteiger partial charge is 0.287 e. The molecule has 1 fully saturated rings. The van der Waals surface area contributed by atoms with Crippen molar-refractivity contribution >= 4 is 34.4 Å². The van der Waals surface area contributed by atoms with Crippen LogP contribution in [0.3, 0.4) is 0 Å². The molecule has 3 aromatic rings. The van der Waals surface area contributed by atoms with Crippen molar-refractivity contribution in [3.8, 4) is 0 Å². The van der Waals surface area contributed by atoms with E-state index in [-0.39, 0.29) is 17.6 Å². The topological polar surface area (TPSA) is 71.3 Å². The van der Waals surface area contributed by atoms with Gasteiger partial charge in [-0.2, -0.15) is 0 Å². The van der Waals surface area contributed by atoms with Gasteiger partial charge < -0.3 is 15.1 Å². The van der Waals surface area contributed by atoms with E-state index < -0.39 is 0 Å². The number of carbonyl (C=O) groups excluding carboxylic acids is 2. The summed E-state index contributed by atoms with van der Waals surface area (Å²) in [6.07, 6.45) is 2.12. The van der Waals surface area contributed by atoms with Crippen molar-refractivity contribution in [3.05, 3.63) is 70.4 Å². The van der Waals surface area contributed by atoms with Crippen molar-refractivity contribution in [2.24, 2.45) is 0 Å². The average molecular weight is 369 g/mol. The Hall–Kier alpha value is -2.79. The number of rotatable bonds is 5. The molecule has 1 aliphatic rings. The second-order valence-electron chi connectivity index (χ2n) is 6.42. The minimum absolute atomic E-state index is 0.0518. The fourth-order valence-corrected chi connectivity index (χ4v) is 2.85. The Labute approximate surface area is 155 Å². The Kier molecular flexibility index (Phi) is 4.39. The summed E-state index contributed by atoms with van der Waals surface area (Å²) in [5.41, 5.74) is 2.15. The fourth-order valence-electron chi connectivity index (χ4n) is 2.67. The van der Waals surface area contributed by atoms with Gasteiger partial charge in [-0.05, 0) is 54.8 Å². The molecule has 1 saturated carbocycles. The van der Waals surface area contributed by atoms with E-state index in [1.54, 1.807) is 36.4 Å². The molecule has 0 saturated heterocycles. The fraction of sp³-hybridized carbons (Fsp3) is 0.200. The molecule has 132 valence electrons. The number of hydrogen-bond acceptors (Lipinski definition) is 3. The van der Waals surface area contributed by atoms with Gasteiger partial charge in [-0.3, -0.25) is 9.59 Å². The van der Waals surface area contributed by atoms with E-state index in [0.717, 1.165) is 23.8 Å². The van der Waals surface area contributed by atoms with Gasteiger partial charge in [0.1, 0.15) is 5.58 Å². The van der Waals surface area contributed by atoms with E-state index in [0.29, 0.717) is 28.8 Å². The highest BCUT2D eigenvalue weighted by Crippen LogP contribution is 2.23. The molecule has 2 N–H and O–H groups in total. The number of amides is 2. The highest BCUT2D eigenvalue weighted by atomic mass is 35.5. The van der Waals surface area contributed by atoms with Crippen molar-refractivity contribution in [1.82, 2.24) is 10.6 Å². The molecule has 5 nitrogen and oxygen atoms in total. The van der Waals surface area contributed by atoms with Crippen molar-refractivity contribution < 1.29 is 14.0 Å². The predicted octanol–water partition coefficient (Wildman–Crippen LogP) is 3.91. The van der Waals surface area contributed by atoms with Gasteiger partial charge in [0.05, 0.1) is 0 Å². The minimum Gasteiger partial charge on any atom is -0.451 e. The maximum absolute atomic E-state index is 12.3. The van der Waals surface area contributed by atoms with Crippen LogP contribution < -0.4 is 10.6 Å². The largest absolute Gasteiger partial charge is 0.451 e. The Morgan fingerprint density at radius 2 is 1.81 bits per heavy atom. The van der Waals surface area contributed by atoms with Gasteiger partial charge >= 0.3 is 0 Å². The summed E-state index contributed by atoms with van der Waals surface area (Å²) in [5, 5.41) is 7.14. The molecule has 0 unspecified atom stereocenters. The number of fused-ring (bicyclic) bond motifs is 1. The first-order valence-electron chi connectivity index (χ1n) is 8.45. The number of nitrogens with one attached hydrogen (secondary N) is 2. The van der Waals surface area contributed by atoms with Gasteiger partial charge in [0.25, 0.3) is 11.8 Å². The molecule has 0 spiro atoms. The third-order valence-corrected chi connectivity index (χ3v) is 4.52. The second-order valence-corrected chi connectivity index (χ2v) is 6.86. The molecule has 0 aliphatic heterocycles. The van der Waals surface area contributed by atoms with E-state index in [9.17, 15) is 9.59 Å². The van der Waals surface area contributed by atoms with Crippen molar-refractivity contribution in [1.29, 1.82) is 0 Å². The average Bonchev–Trinajstić information content (AvgIpc) is 3.35. The first-order valence-corrected chi connectivity index (χ1v) is 8.83. The monoisotopic (exact) mass is 368 g/mol. The number of benzene rings is 2. The molecular weight excluding hydrogens is 352 g/mol. The van der Waals surface area contributed by atoms with Crippen LogP contribution in [0.1, 0.15) is 39.3 Å². The Morgan fingerprint density at radius 1 is 1.04 bits per heavy atom. The summed E-state index contributed by atoms with van der Waals surface area (Å²) in [6.45, 7) is 0.348. The first kappa shape index (κ1) is 16.7. The van der Waals surface area contributed by atoms with E-state index in [2.05, 4.69) is 10.6 Å². The molecule has 0 atom stereocenters. The maximum atomic E-state index is 12.3. The minimum atomic E-state index is -0.298. The molecule has 1 heterocycles. The zero-order chi connectivity index (χ0) is 18.1. The van der Waals surface area contributed by atoms with Crippen molar-refractivity contribution in [2.75, 3.05) is 0 Å². The van der Waals surface area contributed by atoms with Crippen LogP contribution in [0.4, 0.5) is 0 Å². The van der Waals surface area contributed by atoms with E-state index in [1.165, 1.54) is 0 Å². The molecule has 2 aromatic carbocycles. The summed E-state index contributed by atoms with van der Waals surface area (Å²) in [5.74, 6) is -0.111. The zero-order valence-electron chi connectivity index (χ0n) is 13.9. The van der Waals surface area contributed by atoms with Crippen molar-refractivity contribution in [3.63, 3.8) is 0 Å². The van der Waals surface area contributed by atoms with Crippen LogP contribution in [0, 0.1) is 0 Å². The first-order chi connectivity index (χ1) is 12.6.